The molecule has 3 atom stereocenters. The molecule has 1 aromatic carbocycles. The number of fused-ring (bicyclic) bond motifs is 1. The van der Waals surface area contributed by atoms with E-state index in [-0.39, 0.29) is 18.8 Å². The normalized spacial score (nSPS) is 27.8. The molecule has 0 aromatic heterocycles. The fourth-order valence-electron chi connectivity index (χ4n) is 2.34. The van der Waals surface area contributed by atoms with Gasteiger partial charge in [-0.25, -0.2) is 4.79 Å². The van der Waals surface area contributed by atoms with Crippen molar-refractivity contribution in [2.45, 2.75) is 25.2 Å². The molecule has 6 nitrogen and oxygen atoms in total. The van der Waals surface area contributed by atoms with Gasteiger partial charge < -0.3 is 14.3 Å². The van der Waals surface area contributed by atoms with E-state index in [1.165, 1.54) is 5.06 Å². The van der Waals surface area contributed by atoms with Gasteiger partial charge in [0.15, 0.2) is 6.04 Å². The molecule has 20 heavy (non-hydrogen) atoms. The molecule has 2 aliphatic heterocycles. The smallest absolute Gasteiger partial charge is 0.357 e. The van der Waals surface area contributed by atoms with Gasteiger partial charge in [-0.3, -0.25) is 4.79 Å². The van der Waals surface area contributed by atoms with Gasteiger partial charge in [-0.2, -0.15) is 0 Å². The lowest BCUT2D eigenvalue weighted by atomic mass is 10.2. The van der Waals surface area contributed by atoms with Crippen molar-refractivity contribution in [1.82, 2.24) is 5.06 Å². The first-order valence-electron chi connectivity index (χ1n) is 6.56. The van der Waals surface area contributed by atoms with Gasteiger partial charge in [0.2, 0.25) is 0 Å². The number of rotatable bonds is 4. The summed E-state index contributed by atoms with van der Waals surface area (Å²) in [6.07, 6.45) is -0.273. The molecule has 0 amide bonds. The summed E-state index contributed by atoms with van der Waals surface area (Å²) in [5.41, 5.74) is 0.441. The molecule has 3 unspecified atom stereocenters. The van der Waals surface area contributed by atoms with Crippen LogP contribution >= 0.6 is 0 Å². The maximum atomic E-state index is 12.0. The lowest BCUT2D eigenvalue weighted by molar-refractivity contribution is -0.176. The minimum atomic E-state index is -0.660. The van der Waals surface area contributed by atoms with Crippen molar-refractivity contribution in [2.24, 2.45) is 0 Å². The van der Waals surface area contributed by atoms with Crippen LogP contribution in [0.25, 0.3) is 0 Å². The number of hydrogen-bond acceptors (Lipinski definition) is 6. The highest BCUT2D eigenvalue weighted by molar-refractivity contribution is 5.89. The highest BCUT2D eigenvalue weighted by Crippen LogP contribution is 2.37. The molecule has 0 saturated carbocycles. The van der Waals surface area contributed by atoms with E-state index in [0.29, 0.717) is 12.1 Å². The lowest BCUT2D eigenvalue weighted by Gasteiger charge is -2.23. The van der Waals surface area contributed by atoms with Crippen LogP contribution in [0.1, 0.15) is 17.3 Å². The predicted molar refractivity (Wildman–Crippen MR) is 67.6 cm³/mol. The largest absolute Gasteiger partial charge is 0.465 e. The van der Waals surface area contributed by atoms with Crippen LogP contribution in [0.15, 0.2) is 30.3 Å². The molecule has 0 radical (unpaired) electrons. The summed E-state index contributed by atoms with van der Waals surface area (Å²) >= 11 is 0. The molecule has 0 N–H and O–H groups in total. The van der Waals surface area contributed by atoms with Crippen LogP contribution in [0, 0.1) is 0 Å². The standard InChI is InChI=1S/C14H15NO5/c1-2-18-14(17)11-12-10(19-12)8-15(11)20-13(16)9-6-4-3-5-7-9/h3-7,10-12H,2,8H2,1H3. The van der Waals surface area contributed by atoms with Crippen LogP contribution in [-0.4, -0.2) is 48.4 Å². The van der Waals surface area contributed by atoms with E-state index in [9.17, 15) is 9.59 Å². The highest BCUT2D eigenvalue weighted by Gasteiger charge is 2.60. The van der Waals surface area contributed by atoms with Crippen molar-refractivity contribution in [3.63, 3.8) is 0 Å². The second-order valence-electron chi connectivity index (χ2n) is 4.68. The van der Waals surface area contributed by atoms with Gasteiger partial charge in [0.05, 0.1) is 18.7 Å². The zero-order valence-corrected chi connectivity index (χ0v) is 11.0. The number of hydrogen-bond donors (Lipinski definition) is 0. The van der Waals surface area contributed by atoms with Gasteiger partial charge in [0.25, 0.3) is 0 Å². The topological polar surface area (TPSA) is 68.4 Å². The highest BCUT2D eigenvalue weighted by atomic mass is 16.7. The SMILES string of the molecule is CCOC(=O)C1C2OC2CN1OC(=O)c1ccccc1. The summed E-state index contributed by atoms with van der Waals surface area (Å²) in [7, 11) is 0. The molecule has 0 spiro atoms. The lowest BCUT2D eigenvalue weighted by Crippen LogP contribution is -2.43. The van der Waals surface area contributed by atoms with Gasteiger partial charge in [0.1, 0.15) is 12.2 Å². The van der Waals surface area contributed by atoms with Crippen LogP contribution in [0.2, 0.25) is 0 Å². The number of ether oxygens (including phenoxy) is 2. The molecule has 0 aliphatic carbocycles. The second kappa shape index (κ2) is 5.22. The average Bonchev–Trinajstić information content (AvgIpc) is 3.11. The maximum Gasteiger partial charge on any atom is 0.357 e. The first kappa shape index (κ1) is 13.1. The minimum absolute atomic E-state index is 0.0482. The van der Waals surface area contributed by atoms with Crippen LogP contribution in [0.5, 0.6) is 0 Å². The van der Waals surface area contributed by atoms with E-state index in [0.717, 1.165) is 0 Å². The maximum absolute atomic E-state index is 12.0. The Kier molecular flexibility index (Phi) is 3.42. The first-order valence-corrected chi connectivity index (χ1v) is 6.56. The van der Waals surface area contributed by atoms with Crippen LogP contribution in [0.4, 0.5) is 0 Å². The average molecular weight is 277 g/mol. The molecule has 3 rings (SSSR count). The van der Waals surface area contributed by atoms with Gasteiger partial charge in [-0.1, -0.05) is 18.2 Å². The quantitative estimate of drug-likeness (QED) is 0.598. The molecule has 106 valence electrons. The van der Waals surface area contributed by atoms with Crippen LogP contribution in [0.3, 0.4) is 0 Å². The van der Waals surface area contributed by atoms with Crippen molar-refractivity contribution in [3.8, 4) is 0 Å². The summed E-state index contributed by atoms with van der Waals surface area (Å²) in [6.45, 7) is 2.42. The zero-order chi connectivity index (χ0) is 14.1. The second-order valence-corrected chi connectivity index (χ2v) is 4.68. The molecule has 1 aromatic rings. The zero-order valence-electron chi connectivity index (χ0n) is 11.0. The molecule has 0 bridgehead atoms. The summed E-state index contributed by atoms with van der Waals surface area (Å²) in [6, 6.07) is 7.99. The van der Waals surface area contributed by atoms with E-state index in [4.69, 9.17) is 14.3 Å². The third-order valence-electron chi connectivity index (χ3n) is 3.34. The van der Waals surface area contributed by atoms with E-state index >= 15 is 0 Å². The van der Waals surface area contributed by atoms with E-state index in [1.54, 1.807) is 31.2 Å². The van der Waals surface area contributed by atoms with Gasteiger partial charge in [0, 0.05) is 0 Å². The Bertz CT molecular complexity index is 518. The van der Waals surface area contributed by atoms with Gasteiger partial charge in [-0.05, 0) is 19.1 Å². The van der Waals surface area contributed by atoms with E-state index in [1.807, 2.05) is 6.07 Å². The van der Waals surface area contributed by atoms with Gasteiger partial charge >= 0.3 is 11.9 Å². The molecule has 6 heteroatoms. The number of epoxide rings is 1. The van der Waals surface area contributed by atoms with Crippen LogP contribution < -0.4 is 0 Å². The molecule has 2 fully saturated rings. The van der Waals surface area contributed by atoms with Crippen molar-refractivity contribution in [2.75, 3.05) is 13.2 Å². The molecular weight excluding hydrogens is 262 g/mol. The number of carbonyl (C=O) groups excluding carboxylic acids is 2. The number of morpholine rings is 1. The van der Waals surface area contributed by atoms with Crippen molar-refractivity contribution < 1.29 is 23.9 Å². The Morgan fingerprint density at radius 1 is 1.35 bits per heavy atom. The Balaban J connectivity index is 1.67. The van der Waals surface area contributed by atoms with E-state index in [2.05, 4.69) is 0 Å². The summed E-state index contributed by atoms with van der Waals surface area (Å²) in [5, 5.41) is 1.37. The monoisotopic (exact) mass is 277 g/mol. The number of nitrogens with zero attached hydrogens (tertiary/aromatic N) is 1. The summed E-state index contributed by atoms with van der Waals surface area (Å²) in [4.78, 5) is 29.2. The Hall–Kier alpha value is -1.92. The fourth-order valence-corrected chi connectivity index (χ4v) is 2.34. The van der Waals surface area contributed by atoms with E-state index < -0.39 is 18.0 Å². The Labute approximate surface area is 116 Å². The Morgan fingerprint density at radius 3 is 2.80 bits per heavy atom. The van der Waals surface area contributed by atoms with Crippen LogP contribution in [-0.2, 0) is 19.1 Å². The third-order valence-corrected chi connectivity index (χ3v) is 3.34. The van der Waals surface area contributed by atoms with Crippen molar-refractivity contribution >= 4 is 11.9 Å². The molecule has 2 heterocycles. The van der Waals surface area contributed by atoms with Crippen molar-refractivity contribution in [1.29, 1.82) is 0 Å². The van der Waals surface area contributed by atoms with Gasteiger partial charge in [-0.15, -0.1) is 5.06 Å². The fraction of sp³-hybridized carbons (Fsp3) is 0.429. The number of hydroxylamine groups is 2. The summed E-state index contributed by atoms with van der Waals surface area (Å²) in [5.74, 6) is -0.903. The first-order chi connectivity index (χ1) is 9.70. The van der Waals surface area contributed by atoms with Crippen molar-refractivity contribution in [3.05, 3.63) is 35.9 Å². The minimum Gasteiger partial charge on any atom is -0.465 e. The molecule has 2 saturated heterocycles. The number of benzene rings is 1. The molecular formula is C14H15NO5. The third kappa shape index (κ3) is 2.39. The predicted octanol–water partition coefficient (Wildman–Crippen LogP) is 0.773. The molecule has 2 aliphatic rings. The number of esters is 1. The summed E-state index contributed by atoms with van der Waals surface area (Å²) < 4.78 is 10.3. The Morgan fingerprint density at radius 2 is 2.10 bits per heavy atom. The number of carbonyl (C=O) groups is 2.